The molecule has 0 aliphatic heterocycles. The van der Waals surface area contributed by atoms with Crippen molar-refractivity contribution >= 4 is 0 Å². The van der Waals surface area contributed by atoms with E-state index in [9.17, 15) is 0 Å². The molecule has 0 fully saturated rings. The summed E-state index contributed by atoms with van der Waals surface area (Å²) in [6.07, 6.45) is 4.05. The Hall–Kier alpha value is -1.77. The summed E-state index contributed by atoms with van der Waals surface area (Å²) in [7, 11) is 0. The van der Waals surface area contributed by atoms with Gasteiger partial charge >= 0.3 is 0 Å². The summed E-state index contributed by atoms with van der Waals surface area (Å²) in [5.74, 6) is 0.858. The molecule has 0 aliphatic carbocycles. The predicted octanol–water partition coefficient (Wildman–Crippen LogP) is 4.76. The zero-order valence-electron chi connectivity index (χ0n) is 14.9. The Labute approximate surface area is 134 Å². The molecule has 0 aliphatic rings. The van der Waals surface area contributed by atoms with Crippen molar-refractivity contribution in [3.05, 3.63) is 47.3 Å². The van der Waals surface area contributed by atoms with E-state index in [2.05, 4.69) is 66.7 Å². The Morgan fingerprint density at radius 2 is 1.41 bits per heavy atom. The minimum absolute atomic E-state index is 0.0902. The van der Waals surface area contributed by atoms with Crippen LogP contribution in [0.4, 0.5) is 0 Å². The maximum atomic E-state index is 8.62. The van der Waals surface area contributed by atoms with Gasteiger partial charge in [-0.2, -0.15) is 0 Å². The molecular formula is C19H29N3. The summed E-state index contributed by atoms with van der Waals surface area (Å²) in [6.45, 7) is 15.3. The van der Waals surface area contributed by atoms with Crippen LogP contribution < -0.4 is 5.62 Å². The third kappa shape index (κ3) is 2.90. The zero-order valence-corrected chi connectivity index (χ0v) is 14.9. The molecule has 1 N–H and O–H groups in total. The van der Waals surface area contributed by atoms with Crippen LogP contribution in [-0.2, 0) is 5.54 Å². The average Bonchev–Trinajstić information content (AvgIpc) is 2.79. The molecule has 1 aromatic heterocycles. The van der Waals surface area contributed by atoms with Crippen molar-refractivity contribution in [3.63, 3.8) is 0 Å². The van der Waals surface area contributed by atoms with Gasteiger partial charge in [-0.1, -0.05) is 45.9 Å². The summed E-state index contributed by atoms with van der Waals surface area (Å²) in [5.41, 5.74) is 4.23. The number of nitrogens with one attached hydrogen (secondary N) is 1. The molecule has 1 heterocycles. The SMILES string of the molecule is CC(C)c1cccc(C(C)C)c1-n1ccn(C(C)(C)C)c1=N. The van der Waals surface area contributed by atoms with E-state index in [0.29, 0.717) is 17.5 Å². The molecule has 2 aromatic rings. The molecule has 0 atom stereocenters. The lowest BCUT2D eigenvalue weighted by molar-refractivity contribution is 0.376. The first kappa shape index (κ1) is 16.6. The highest BCUT2D eigenvalue weighted by atomic mass is 15.2. The minimum atomic E-state index is -0.0902. The van der Waals surface area contributed by atoms with Gasteiger partial charge in [0.05, 0.1) is 5.69 Å². The first-order valence-electron chi connectivity index (χ1n) is 8.12. The lowest BCUT2D eigenvalue weighted by Gasteiger charge is -2.22. The van der Waals surface area contributed by atoms with Gasteiger partial charge in [0, 0.05) is 17.9 Å². The minimum Gasteiger partial charge on any atom is -0.312 e. The maximum absolute atomic E-state index is 8.62. The summed E-state index contributed by atoms with van der Waals surface area (Å²) in [4.78, 5) is 0. The molecular weight excluding hydrogens is 270 g/mol. The van der Waals surface area contributed by atoms with Crippen LogP contribution in [0.5, 0.6) is 0 Å². The summed E-state index contributed by atoms with van der Waals surface area (Å²) in [5, 5.41) is 8.62. The van der Waals surface area contributed by atoms with Crippen LogP contribution in [0, 0.1) is 5.41 Å². The Morgan fingerprint density at radius 3 is 1.77 bits per heavy atom. The number of nitrogens with zero attached hydrogens (tertiary/aromatic N) is 2. The largest absolute Gasteiger partial charge is 0.312 e. The molecule has 1 aromatic carbocycles. The smallest absolute Gasteiger partial charge is 0.207 e. The van der Waals surface area contributed by atoms with Crippen LogP contribution in [-0.4, -0.2) is 9.13 Å². The van der Waals surface area contributed by atoms with E-state index in [4.69, 9.17) is 5.41 Å². The fourth-order valence-corrected chi connectivity index (χ4v) is 2.90. The van der Waals surface area contributed by atoms with Crippen molar-refractivity contribution in [3.8, 4) is 5.69 Å². The lowest BCUT2D eigenvalue weighted by atomic mass is 9.92. The van der Waals surface area contributed by atoms with Crippen LogP contribution in [0.2, 0.25) is 0 Å². The quantitative estimate of drug-likeness (QED) is 0.848. The van der Waals surface area contributed by atoms with Gasteiger partial charge in [-0.3, -0.25) is 9.98 Å². The first-order valence-corrected chi connectivity index (χ1v) is 8.12. The van der Waals surface area contributed by atoms with Crippen molar-refractivity contribution < 1.29 is 0 Å². The Kier molecular flexibility index (Phi) is 4.37. The number of rotatable bonds is 3. The van der Waals surface area contributed by atoms with Gasteiger partial charge in [0.2, 0.25) is 5.62 Å². The normalized spacial score (nSPS) is 12.4. The van der Waals surface area contributed by atoms with E-state index < -0.39 is 0 Å². The molecule has 120 valence electrons. The van der Waals surface area contributed by atoms with Crippen LogP contribution in [0.1, 0.15) is 71.4 Å². The zero-order chi connectivity index (χ0) is 16.7. The number of aromatic nitrogens is 2. The molecule has 0 amide bonds. The van der Waals surface area contributed by atoms with Crippen molar-refractivity contribution in [1.29, 1.82) is 5.41 Å². The number of hydrogen-bond donors (Lipinski definition) is 1. The average molecular weight is 299 g/mol. The Morgan fingerprint density at radius 1 is 0.909 bits per heavy atom. The Balaban J connectivity index is 2.77. The molecule has 0 bridgehead atoms. The second-order valence-corrected chi connectivity index (χ2v) is 7.63. The highest BCUT2D eigenvalue weighted by Gasteiger charge is 2.20. The third-order valence-electron chi connectivity index (χ3n) is 4.13. The van der Waals surface area contributed by atoms with Crippen LogP contribution in [0.25, 0.3) is 5.69 Å². The highest BCUT2D eigenvalue weighted by molar-refractivity contribution is 5.51. The predicted molar refractivity (Wildman–Crippen MR) is 92.8 cm³/mol. The van der Waals surface area contributed by atoms with E-state index in [1.54, 1.807) is 0 Å². The van der Waals surface area contributed by atoms with Crippen LogP contribution in [0.15, 0.2) is 30.6 Å². The van der Waals surface area contributed by atoms with Gasteiger partial charge < -0.3 is 4.57 Å². The van der Waals surface area contributed by atoms with Gasteiger partial charge in [0.25, 0.3) is 0 Å². The van der Waals surface area contributed by atoms with E-state index in [1.165, 1.54) is 16.8 Å². The third-order valence-corrected chi connectivity index (χ3v) is 4.13. The van der Waals surface area contributed by atoms with Gasteiger partial charge in [0.15, 0.2) is 0 Å². The number of hydrogen-bond acceptors (Lipinski definition) is 1. The molecule has 0 unspecified atom stereocenters. The van der Waals surface area contributed by atoms with Gasteiger partial charge in [-0.25, -0.2) is 0 Å². The summed E-state index contributed by atoms with van der Waals surface area (Å²) in [6, 6.07) is 6.51. The van der Waals surface area contributed by atoms with Gasteiger partial charge in [-0.15, -0.1) is 0 Å². The Bertz CT molecular complexity index is 683. The van der Waals surface area contributed by atoms with Crippen LogP contribution >= 0.6 is 0 Å². The second-order valence-electron chi connectivity index (χ2n) is 7.63. The fraction of sp³-hybridized carbons (Fsp3) is 0.526. The first-order chi connectivity index (χ1) is 10.1. The summed E-state index contributed by atoms with van der Waals surface area (Å²) >= 11 is 0. The summed E-state index contributed by atoms with van der Waals surface area (Å²) < 4.78 is 4.06. The molecule has 0 saturated heterocycles. The highest BCUT2D eigenvalue weighted by Crippen LogP contribution is 2.30. The fourth-order valence-electron chi connectivity index (χ4n) is 2.90. The second kappa shape index (κ2) is 5.79. The lowest BCUT2D eigenvalue weighted by Crippen LogP contribution is -2.34. The molecule has 0 radical (unpaired) electrons. The molecule has 3 nitrogen and oxygen atoms in total. The van der Waals surface area contributed by atoms with Crippen molar-refractivity contribution in [2.75, 3.05) is 0 Å². The molecule has 2 rings (SSSR count). The number of imidazole rings is 1. The van der Waals surface area contributed by atoms with Crippen molar-refractivity contribution in [2.45, 2.75) is 65.8 Å². The van der Waals surface area contributed by atoms with E-state index in [0.717, 1.165) is 0 Å². The van der Waals surface area contributed by atoms with E-state index in [-0.39, 0.29) is 5.54 Å². The maximum Gasteiger partial charge on any atom is 0.207 e. The molecule has 3 heteroatoms. The monoisotopic (exact) mass is 299 g/mol. The van der Waals surface area contributed by atoms with E-state index >= 15 is 0 Å². The van der Waals surface area contributed by atoms with Gasteiger partial charge in [-0.05, 0) is 43.7 Å². The molecule has 0 saturated carbocycles. The van der Waals surface area contributed by atoms with E-state index in [1.807, 2.05) is 21.5 Å². The standard InChI is InChI=1S/C19H29N3/c1-13(2)15-9-8-10-16(14(3)4)17(15)21-11-12-22(18(21)20)19(5,6)7/h8-14,20H,1-7H3. The van der Waals surface area contributed by atoms with Crippen molar-refractivity contribution in [1.82, 2.24) is 9.13 Å². The van der Waals surface area contributed by atoms with Crippen molar-refractivity contribution in [2.24, 2.45) is 0 Å². The van der Waals surface area contributed by atoms with Gasteiger partial charge in [0.1, 0.15) is 0 Å². The topological polar surface area (TPSA) is 33.7 Å². The number of benzene rings is 1. The molecule has 22 heavy (non-hydrogen) atoms. The van der Waals surface area contributed by atoms with Crippen LogP contribution in [0.3, 0.4) is 0 Å². The number of para-hydroxylation sites is 1. The molecule has 0 spiro atoms.